The average Bonchev–Trinajstić information content (AvgIpc) is 3.03. The van der Waals surface area contributed by atoms with Crippen LogP contribution in [0.2, 0.25) is 0 Å². The van der Waals surface area contributed by atoms with Gasteiger partial charge in [-0.15, -0.1) is 0 Å². The lowest BCUT2D eigenvalue weighted by molar-refractivity contribution is 0.156. The van der Waals surface area contributed by atoms with Gasteiger partial charge in [0.1, 0.15) is 0 Å². The van der Waals surface area contributed by atoms with Crippen molar-refractivity contribution in [2.24, 2.45) is 0 Å². The maximum absolute atomic E-state index is 5.70. The van der Waals surface area contributed by atoms with Crippen LogP contribution in [-0.2, 0) is 4.74 Å². The smallest absolute Gasteiger partial charge is 0.0784 e. The monoisotopic (exact) mass is 336 g/mol. The zero-order valence-corrected chi connectivity index (χ0v) is 14.1. The molecule has 6 heteroatoms. The third kappa shape index (κ3) is 5.13. The van der Waals surface area contributed by atoms with Crippen LogP contribution in [0.1, 0.15) is 19.3 Å². The molecule has 2 heterocycles. The zero-order chi connectivity index (χ0) is 12.6. The van der Waals surface area contributed by atoms with E-state index in [4.69, 9.17) is 4.74 Å². The fourth-order valence-corrected chi connectivity index (χ4v) is 6.05. The molecule has 1 nitrogen and oxygen atoms in total. The van der Waals surface area contributed by atoms with E-state index in [1.165, 1.54) is 26.2 Å². The molecule has 0 radical (unpaired) electrons. The highest BCUT2D eigenvalue weighted by Crippen LogP contribution is 2.53. The normalized spacial score (nSPS) is 18.8. The summed E-state index contributed by atoms with van der Waals surface area (Å²) in [5.41, 5.74) is 0. The molecule has 0 spiro atoms. The van der Waals surface area contributed by atoms with E-state index in [1.807, 2.05) is 47.0 Å². The van der Waals surface area contributed by atoms with Crippen LogP contribution in [0.15, 0.2) is 29.6 Å². The number of thiol groups is 1. The second-order valence-corrected chi connectivity index (χ2v) is 8.54. The van der Waals surface area contributed by atoms with Crippen molar-refractivity contribution in [2.45, 2.75) is 19.3 Å². The molecule has 0 aromatic carbocycles. The molecule has 2 rings (SSSR count). The number of rotatable bonds is 7. The van der Waals surface area contributed by atoms with Crippen molar-refractivity contribution in [3.63, 3.8) is 0 Å². The Balaban J connectivity index is 1.60. The molecule has 0 aliphatic carbocycles. The molecular formula is C12H16OS5. The van der Waals surface area contributed by atoms with Crippen molar-refractivity contribution >= 4 is 59.7 Å². The first-order valence-corrected chi connectivity index (χ1v) is 9.93. The standard InChI is InChI=1S/C12H16OS5/c14-5-3-1-2-4-13-8-10-9-17-12(18-10)11-15-6-7-16-11/h6-7,9,14H,1-5,8H2. The van der Waals surface area contributed by atoms with Crippen LogP contribution < -0.4 is 0 Å². The maximum Gasteiger partial charge on any atom is 0.0784 e. The fourth-order valence-electron chi connectivity index (χ4n) is 1.41. The summed E-state index contributed by atoms with van der Waals surface area (Å²) in [7, 11) is 0. The summed E-state index contributed by atoms with van der Waals surface area (Å²) in [6.45, 7) is 1.63. The van der Waals surface area contributed by atoms with Crippen molar-refractivity contribution < 1.29 is 4.74 Å². The first-order valence-electron chi connectivity index (χ1n) is 5.85. The van der Waals surface area contributed by atoms with Gasteiger partial charge in [-0.1, -0.05) is 53.5 Å². The van der Waals surface area contributed by atoms with Gasteiger partial charge in [0.2, 0.25) is 0 Å². The van der Waals surface area contributed by atoms with Gasteiger partial charge in [0.05, 0.1) is 15.1 Å². The number of thioether (sulfide) groups is 4. The third-order valence-corrected chi connectivity index (χ3v) is 7.64. The van der Waals surface area contributed by atoms with Gasteiger partial charge >= 0.3 is 0 Å². The van der Waals surface area contributed by atoms with E-state index < -0.39 is 0 Å². The van der Waals surface area contributed by atoms with Gasteiger partial charge in [-0.2, -0.15) is 12.6 Å². The Morgan fingerprint density at radius 3 is 2.61 bits per heavy atom. The molecular weight excluding hydrogens is 320 g/mol. The highest BCUT2D eigenvalue weighted by atomic mass is 32.2. The van der Waals surface area contributed by atoms with E-state index >= 15 is 0 Å². The molecule has 0 unspecified atom stereocenters. The molecule has 0 amide bonds. The van der Waals surface area contributed by atoms with Crippen molar-refractivity contribution in [2.75, 3.05) is 19.0 Å². The van der Waals surface area contributed by atoms with E-state index in [0.717, 1.165) is 25.4 Å². The summed E-state index contributed by atoms with van der Waals surface area (Å²) in [6, 6.07) is 0. The number of unbranched alkanes of at least 4 members (excludes halogenated alkanes) is 2. The molecule has 0 aromatic rings. The minimum Gasteiger partial charge on any atom is -0.376 e. The van der Waals surface area contributed by atoms with Crippen LogP contribution in [-0.4, -0.2) is 19.0 Å². The van der Waals surface area contributed by atoms with Gasteiger partial charge in [-0.3, -0.25) is 0 Å². The van der Waals surface area contributed by atoms with Crippen LogP contribution in [0.25, 0.3) is 0 Å². The molecule has 0 fully saturated rings. The molecule has 0 saturated heterocycles. The zero-order valence-electron chi connectivity index (χ0n) is 9.96. The number of ether oxygens (including phenoxy) is 1. The SMILES string of the molecule is SCCCCCOCC1=CSC(=C2SC=CS2)S1. The molecule has 0 saturated carbocycles. The molecule has 0 atom stereocenters. The summed E-state index contributed by atoms with van der Waals surface area (Å²) in [4.78, 5) is 1.34. The summed E-state index contributed by atoms with van der Waals surface area (Å²) < 4.78 is 8.51. The summed E-state index contributed by atoms with van der Waals surface area (Å²) in [5, 5.41) is 6.51. The Hall–Kier alpha value is 0.930. The second-order valence-electron chi connectivity index (χ2n) is 3.72. The third-order valence-electron chi connectivity index (χ3n) is 2.28. The minimum atomic E-state index is 0.762. The largest absolute Gasteiger partial charge is 0.376 e. The number of hydrogen-bond donors (Lipinski definition) is 1. The van der Waals surface area contributed by atoms with Crippen LogP contribution in [0.5, 0.6) is 0 Å². The predicted octanol–water partition coefficient (Wildman–Crippen LogP) is 5.50. The Bertz CT molecular complexity index is 351. The summed E-state index contributed by atoms with van der Waals surface area (Å²) >= 11 is 11.5. The van der Waals surface area contributed by atoms with Crippen LogP contribution >= 0.6 is 59.7 Å². The van der Waals surface area contributed by atoms with Crippen LogP contribution in [0.4, 0.5) is 0 Å². The van der Waals surface area contributed by atoms with Gasteiger partial charge in [0.25, 0.3) is 0 Å². The topological polar surface area (TPSA) is 9.23 Å². The Morgan fingerprint density at radius 1 is 1.00 bits per heavy atom. The Morgan fingerprint density at radius 2 is 1.83 bits per heavy atom. The van der Waals surface area contributed by atoms with Crippen molar-refractivity contribution in [1.29, 1.82) is 0 Å². The van der Waals surface area contributed by atoms with Gasteiger partial charge in [0, 0.05) is 11.5 Å². The minimum absolute atomic E-state index is 0.762. The lowest BCUT2D eigenvalue weighted by atomic mass is 10.3. The fraction of sp³-hybridized carbons (Fsp3) is 0.500. The lowest BCUT2D eigenvalue weighted by Gasteiger charge is -2.04. The van der Waals surface area contributed by atoms with Crippen LogP contribution in [0, 0.1) is 0 Å². The van der Waals surface area contributed by atoms with Gasteiger partial charge in [-0.05, 0) is 34.8 Å². The molecule has 0 aromatic heterocycles. The summed E-state index contributed by atoms with van der Waals surface area (Å²) in [6.07, 6.45) is 3.56. The predicted molar refractivity (Wildman–Crippen MR) is 93.1 cm³/mol. The van der Waals surface area contributed by atoms with Crippen LogP contribution in [0.3, 0.4) is 0 Å². The molecule has 0 N–H and O–H groups in total. The van der Waals surface area contributed by atoms with E-state index in [-0.39, 0.29) is 0 Å². The van der Waals surface area contributed by atoms with Gasteiger partial charge in [-0.25, -0.2) is 0 Å². The highest BCUT2D eigenvalue weighted by molar-refractivity contribution is 8.33. The summed E-state index contributed by atoms with van der Waals surface area (Å²) in [5.74, 6) is 0.984. The molecule has 2 aliphatic rings. The first-order chi connectivity index (χ1) is 8.90. The molecule has 2 aliphatic heterocycles. The van der Waals surface area contributed by atoms with E-state index in [0.29, 0.717) is 0 Å². The van der Waals surface area contributed by atoms with Crippen molar-refractivity contribution in [1.82, 2.24) is 0 Å². The molecule has 18 heavy (non-hydrogen) atoms. The second kappa shape index (κ2) is 8.97. The quantitative estimate of drug-likeness (QED) is 0.484. The van der Waals surface area contributed by atoms with Gasteiger partial charge < -0.3 is 4.74 Å². The van der Waals surface area contributed by atoms with E-state index in [2.05, 4.69) is 28.9 Å². The Kier molecular flexibility index (Phi) is 7.64. The maximum atomic E-state index is 5.70. The first kappa shape index (κ1) is 15.3. The van der Waals surface area contributed by atoms with Crippen molar-refractivity contribution in [3.05, 3.63) is 29.6 Å². The Labute approximate surface area is 131 Å². The molecule has 100 valence electrons. The number of hydrogen-bond acceptors (Lipinski definition) is 6. The van der Waals surface area contributed by atoms with E-state index in [1.54, 1.807) is 0 Å². The lowest BCUT2D eigenvalue weighted by Crippen LogP contribution is -1.97. The van der Waals surface area contributed by atoms with Crippen molar-refractivity contribution in [3.8, 4) is 0 Å². The highest BCUT2D eigenvalue weighted by Gasteiger charge is 2.18. The molecule has 0 bridgehead atoms. The average molecular weight is 337 g/mol. The van der Waals surface area contributed by atoms with Gasteiger partial charge in [0.15, 0.2) is 0 Å². The van der Waals surface area contributed by atoms with E-state index in [9.17, 15) is 0 Å².